The van der Waals surface area contributed by atoms with Crippen LogP contribution in [0.2, 0.25) is 5.02 Å². The molecule has 3 aromatic heterocycles. The summed E-state index contributed by atoms with van der Waals surface area (Å²) in [7, 11) is 0. The molecule has 6 rings (SSSR count). The van der Waals surface area contributed by atoms with E-state index < -0.39 is 0 Å². The SMILES string of the molecule is Clc1cccc2c1oc1ccnc(-c3nc(-c4ccccc4)nc(-c4ccccc4)n3)c12. The molecular formula is C26H15ClN4O. The van der Waals surface area contributed by atoms with Crippen molar-refractivity contribution in [2.75, 3.05) is 0 Å². The highest BCUT2D eigenvalue weighted by Gasteiger charge is 2.19. The Morgan fingerprint density at radius 2 is 1.25 bits per heavy atom. The van der Waals surface area contributed by atoms with Gasteiger partial charge in [-0.1, -0.05) is 84.4 Å². The number of nitrogens with zero attached hydrogens (tertiary/aromatic N) is 4. The zero-order valence-corrected chi connectivity index (χ0v) is 17.5. The first-order valence-electron chi connectivity index (χ1n) is 10.1. The van der Waals surface area contributed by atoms with E-state index in [-0.39, 0.29) is 0 Å². The smallest absolute Gasteiger partial charge is 0.183 e. The molecule has 32 heavy (non-hydrogen) atoms. The normalized spacial score (nSPS) is 11.3. The quantitative estimate of drug-likeness (QED) is 0.305. The molecule has 0 aliphatic carbocycles. The summed E-state index contributed by atoms with van der Waals surface area (Å²) in [4.78, 5) is 19.0. The van der Waals surface area contributed by atoms with Crippen molar-refractivity contribution in [3.63, 3.8) is 0 Å². The van der Waals surface area contributed by atoms with Crippen LogP contribution in [0.3, 0.4) is 0 Å². The third-order valence-corrected chi connectivity index (χ3v) is 5.57. The Kier molecular flexibility index (Phi) is 4.40. The van der Waals surface area contributed by atoms with E-state index in [1.807, 2.05) is 84.9 Å². The van der Waals surface area contributed by atoms with Crippen molar-refractivity contribution in [2.45, 2.75) is 0 Å². The molecule has 6 aromatic rings. The minimum absolute atomic E-state index is 0.478. The Bertz CT molecular complexity index is 1520. The van der Waals surface area contributed by atoms with Crippen LogP contribution in [0.15, 0.2) is 95.5 Å². The maximum absolute atomic E-state index is 6.38. The van der Waals surface area contributed by atoms with Gasteiger partial charge in [-0.2, -0.15) is 0 Å². The van der Waals surface area contributed by atoms with Gasteiger partial charge in [0.25, 0.3) is 0 Å². The molecule has 0 bridgehead atoms. The maximum Gasteiger partial charge on any atom is 0.183 e. The van der Waals surface area contributed by atoms with Crippen molar-refractivity contribution < 1.29 is 4.42 Å². The summed E-state index contributed by atoms with van der Waals surface area (Å²) in [5, 5.41) is 2.25. The van der Waals surface area contributed by atoms with Gasteiger partial charge in [-0.05, 0) is 12.1 Å². The highest BCUT2D eigenvalue weighted by atomic mass is 35.5. The first-order chi connectivity index (χ1) is 15.8. The zero-order chi connectivity index (χ0) is 21.5. The van der Waals surface area contributed by atoms with E-state index in [2.05, 4.69) is 4.98 Å². The highest BCUT2D eigenvalue weighted by molar-refractivity contribution is 6.36. The minimum Gasteiger partial charge on any atom is -0.454 e. The number of fused-ring (bicyclic) bond motifs is 3. The van der Waals surface area contributed by atoms with Gasteiger partial charge in [-0.3, -0.25) is 4.98 Å². The molecule has 5 nitrogen and oxygen atoms in total. The number of rotatable bonds is 3. The van der Waals surface area contributed by atoms with Gasteiger partial charge < -0.3 is 4.42 Å². The number of aromatic nitrogens is 4. The van der Waals surface area contributed by atoms with Gasteiger partial charge in [0.1, 0.15) is 11.3 Å². The van der Waals surface area contributed by atoms with Crippen molar-refractivity contribution in [3.05, 3.63) is 96.1 Å². The average Bonchev–Trinajstić information content (AvgIpc) is 3.25. The van der Waals surface area contributed by atoms with Crippen LogP contribution in [-0.2, 0) is 0 Å². The number of hydrogen-bond donors (Lipinski definition) is 0. The molecular weight excluding hydrogens is 420 g/mol. The van der Waals surface area contributed by atoms with Crippen LogP contribution in [0, 0.1) is 0 Å². The second-order valence-electron chi connectivity index (χ2n) is 7.29. The van der Waals surface area contributed by atoms with Crippen molar-refractivity contribution in [3.8, 4) is 34.3 Å². The molecule has 0 unspecified atom stereocenters. The first kappa shape index (κ1) is 18.7. The number of para-hydroxylation sites is 1. The van der Waals surface area contributed by atoms with Gasteiger partial charge in [0.15, 0.2) is 23.1 Å². The van der Waals surface area contributed by atoms with Crippen LogP contribution in [0.25, 0.3) is 56.2 Å². The van der Waals surface area contributed by atoms with Crippen molar-refractivity contribution in [2.24, 2.45) is 0 Å². The molecule has 0 N–H and O–H groups in total. The molecule has 0 radical (unpaired) electrons. The Labute approximate surface area is 188 Å². The standard InChI is InChI=1S/C26H15ClN4O/c27-19-13-7-12-18-21-20(32-23(18)19)14-15-28-22(21)26-30-24(16-8-3-1-4-9-16)29-25(31-26)17-10-5-2-6-11-17/h1-15H. The van der Waals surface area contributed by atoms with Gasteiger partial charge in [0.05, 0.1) is 10.4 Å². The number of furan rings is 1. The van der Waals surface area contributed by atoms with Crippen molar-refractivity contribution in [1.29, 1.82) is 0 Å². The predicted molar refractivity (Wildman–Crippen MR) is 126 cm³/mol. The second kappa shape index (κ2) is 7.55. The summed E-state index contributed by atoms with van der Waals surface area (Å²) in [6.07, 6.45) is 1.70. The van der Waals surface area contributed by atoms with Crippen LogP contribution in [-0.4, -0.2) is 19.9 Å². The topological polar surface area (TPSA) is 64.7 Å². The van der Waals surface area contributed by atoms with E-state index in [4.69, 9.17) is 31.0 Å². The van der Waals surface area contributed by atoms with Gasteiger partial charge >= 0.3 is 0 Å². The lowest BCUT2D eigenvalue weighted by Gasteiger charge is -2.08. The molecule has 0 amide bonds. The molecule has 3 heterocycles. The third-order valence-electron chi connectivity index (χ3n) is 5.27. The fraction of sp³-hybridized carbons (Fsp3) is 0. The van der Waals surface area contributed by atoms with Crippen LogP contribution in [0.4, 0.5) is 0 Å². The number of pyridine rings is 1. The third kappa shape index (κ3) is 3.11. The molecule has 0 atom stereocenters. The van der Waals surface area contributed by atoms with Crippen molar-refractivity contribution in [1.82, 2.24) is 19.9 Å². The second-order valence-corrected chi connectivity index (χ2v) is 7.70. The van der Waals surface area contributed by atoms with Crippen LogP contribution in [0.5, 0.6) is 0 Å². The van der Waals surface area contributed by atoms with Crippen LogP contribution >= 0.6 is 11.6 Å². The Hall–Kier alpha value is -4.09. The van der Waals surface area contributed by atoms with E-state index in [1.165, 1.54) is 0 Å². The predicted octanol–water partition coefficient (Wildman–Crippen LogP) is 6.82. The molecule has 0 aliphatic rings. The Morgan fingerprint density at radius 3 is 1.91 bits per heavy atom. The van der Waals surface area contributed by atoms with Gasteiger partial charge in [-0.25, -0.2) is 15.0 Å². The summed E-state index contributed by atoms with van der Waals surface area (Å²) in [5.74, 6) is 1.64. The lowest BCUT2D eigenvalue weighted by atomic mass is 10.1. The summed E-state index contributed by atoms with van der Waals surface area (Å²) >= 11 is 6.38. The number of halogens is 1. The summed E-state index contributed by atoms with van der Waals surface area (Å²) in [6, 6.07) is 27.2. The van der Waals surface area contributed by atoms with Gasteiger partial charge in [-0.15, -0.1) is 0 Å². The van der Waals surface area contributed by atoms with E-state index in [0.717, 1.165) is 21.9 Å². The van der Waals surface area contributed by atoms with E-state index in [0.29, 0.717) is 39.4 Å². The molecule has 0 aliphatic heterocycles. The van der Waals surface area contributed by atoms with Gasteiger partial charge in [0.2, 0.25) is 0 Å². The van der Waals surface area contributed by atoms with Gasteiger partial charge in [0, 0.05) is 22.7 Å². The summed E-state index contributed by atoms with van der Waals surface area (Å²) in [6.45, 7) is 0. The van der Waals surface area contributed by atoms with Crippen molar-refractivity contribution >= 4 is 33.5 Å². The molecule has 6 heteroatoms. The maximum atomic E-state index is 6.38. The lowest BCUT2D eigenvalue weighted by molar-refractivity contribution is 0.668. The molecule has 152 valence electrons. The molecule has 0 saturated carbocycles. The van der Waals surface area contributed by atoms with E-state index in [1.54, 1.807) is 6.20 Å². The number of hydrogen-bond acceptors (Lipinski definition) is 5. The average molecular weight is 435 g/mol. The summed E-state index contributed by atoms with van der Waals surface area (Å²) in [5.41, 5.74) is 3.74. The largest absolute Gasteiger partial charge is 0.454 e. The zero-order valence-electron chi connectivity index (χ0n) is 16.7. The monoisotopic (exact) mass is 434 g/mol. The minimum atomic E-state index is 0.478. The molecule has 3 aromatic carbocycles. The Morgan fingerprint density at radius 1 is 0.625 bits per heavy atom. The first-order valence-corrected chi connectivity index (χ1v) is 10.5. The molecule has 0 fully saturated rings. The lowest BCUT2D eigenvalue weighted by Crippen LogP contribution is -2.01. The fourth-order valence-electron chi connectivity index (χ4n) is 3.79. The van der Waals surface area contributed by atoms with Crippen LogP contribution in [0.1, 0.15) is 0 Å². The molecule has 0 saturated heterocycles. The van der Waals surface area contributed by atoms with Crippen LogP contribution < -0.4 is 0 Å². The highest BCUT2D eigenvalue weighted by Crippen LogP contribution is 2.37. The summed E-state index contributed by atoms with van der Waals surface area (Å²) < 4.78 is 6.03. The molecule has 0 spiro atoms. The number of benzene rings is 3. The fourth-order valence-corrected chi connectivity index (χ4v) is 4.01. The van der Waals surface area contributed by atoms with E-state index in [9.17, 15) is 0 Å². The van der Waals surface area contributed by atoms with E-state index >= 15 is 0 Å². The Balaban J connectivity index is 1.66.